The molecule has 8 heteroatoms. The number of aromatic nitrogens is 6. The van der Waals surface area contributed by atoms with Crippen LogP contribution in [-0.2, 0) is 0 Å². The van der Waals surface area contributed by atoms with Crippen molar-refractivity contribution in [3.8, 4) is 11.4 Å². The highest BCUT2D eigenvalue weighted by Crippen LogP contribution is 2.21. The van der Waals surface area contributed by atoms with Crippen LogP contribution in [0.3, 0.4) is 0 Å². The molecule has 0 aliphatic carbocycles. The zero-order valence-corrected chi connectivity index (χ0v) is 13.1. The monoisotopic (exact) mass is 323 g/mol. The van der Waals surface area contributed by atoms with E-state index in [1.807, 2.05) is 23.1 Å². The number of carbonyl (C=O) groups excluding carboxylic acids is 1. The van der Waals surface area contributed by atoms with Gasteiger partial charge < -0.3 is 4.90 Å². The van der Waals surface area contributed by atoms with Gasteiger partial charge in [0.15, 0.2) is 0 Å². The zero-order valence-electron chi connectivity index (χ0n) is 13.1. The molecule has 4 rings (SSSR count). The Balaban J connectivity index is 1.75. The molecule has 8 nitrogen and oxygen atoms in total. The number of piperidine rings is 1. The van der Waals surface area contributed by atoms with E-state index in [1.54, 1.807) is 22.0 Å². The molecule has 0 saturated carbocycles. The third-order valence-corrected chi connectivity index (χ3v) is 4.20. The Hall–Kier alpha value is -3.03. The topological polar surface area (TPSA) is 81.7 Å². The second-order valence-corrected chi connectivity index (χ2v) is 5.74. The average molecular weight is 323 g/mol. The smallest absolute Gasteiger partial charge is 0.253 e. The fraction of sp³-hybridized carbons (Fsp3) is 0.312. The number of hydrogen-bond donors (Lipinski definition) is 0. The van der Waals surface area contributed by atoms with Crippen molar-refractivity contribution in [3.63, 3.8) is 0 Å². The van der Waals surface area contributed by atoms with Gasteiger partial charge in [0.25, 0.3) is 5.91 Å². The largest absolute Gasteiger partial charge is 0.339 e. The molecule has 1 fully saturated rings. The third-order valence-electron chi connectivity index (χ3n) is 4.20. The second kappa shape index (κ2) is 6.23. The number of nitrogens with zero attached hydrogens (tertiary/aromatic N) is 7. The van der Waals surface area contributed by atoms with Gasteiger partial charge in [-0.15, -0.1) is 0 Å². The number of rotatable bonds is 3. The first kappa shape index (κ1) is 14.6. The van der Waals surface area contributed by atoms with Crippen molar-refractivity contribution in [2.45, 2.75) is 19.3 Å². The molecule has 1 aliphatic heterocycles. The molecular weight excluding hydrogens is 306 g/mol. The van der Waals surface area contributed by atoms with E-state index in [-0.39, 0.29) is 5.91 Å². The molecule has 0 N–H and O–H groups in total. The predicted octanol–water partition coefficient (Wildman–Crippen LogP) is 1.47. The number of carbonyl (C=O) groups is 1. The van der Waals surface area contributed by atoms with E-state index >= 15 is 0 Å². The van der Waals surface area contributed by atoms with E-state index in [4.69, 9.17) is 0 Å². The lowest BCUT2D eigenvalue weighted by molar-refractivity contribution is 0.0724. The van der Waals surface area contributed by atoms with Crippen molar-refractivity contribution in [2.75, 3.05) is 13.1 Å². The van der Waals surface area contributed by atoms with Crippen LogP contribution in [0.5, 0.6) is 0 Å². The average Bonchev–Trinajstić information content (AvgIpc) is 3.35. The summed E-state index contributed by atoms with van der Waals surface area (Å²) in [7, 11) is 0. The summed E-state index contributed by atoms with van der Waals surface area (Å²) >= 11 is 0. The molecule has 0 spiro atoms. The fourth-order valence-corrected chi connectivity index (χ4v) is 2.98. The molecule has 3 heterocycles. The highest BCUT2D eigenvalue weighted by Gasteiger charge is 2.20. The predicted molar refractivity (Wildman–Crippen MR) is 86.0 cm³/mol. The van der Waals surface area contributed by atoms with Crippen molar-refractivity contribution < 1.29 is 4.79 Å². The summed E-state index contributed by atoms with van der Waals surface area (Å²) in [5.41, 5.74) is 2.17. The summed E-state index contributed by atoms with van der Waals surface area (Å²) in [6.07, 6.45) is 9.48. The molecule has 122 valence electrons. The van der Waals surface area contributed by atoms with E-state index in [0.717, 1.165) is 37.3 Å². The van der Waals surface area contributed by atoms with E-state index in [0.29, 0.717) is 5.56 Å². The number of likely N-dealkylation sites (tertiary alicyclic amines) is 1. The zero-order chi connectivity index (χ0) is 16.4. The first-order valence-corrected chi connectivity index (χ1v) is 7.96. The number of hydrogen-bond acceptors (Lipinski definition) is 5. The minimum absolute atomic E-state index is 0.0567. The normalized spacial score (nSPS) is 14.8. The van der Waals surface area contributed by atoms with Crippen molar-refractivity contribution in [2.24, 2.45) is 0 Å². The van der Waals surface area contributed by atoms with Gasteiger partial charge in [-0.25, -0.2) is 19.3 Å². The summed E-state index contributed by atoms with van der Waals surface area (Å²) < 4.78 is 3.27. The molecule has 1 amide bonds. The Kier molecular flexibility index (Phi) is 3.78. The molecule has 0 bridgehead atoms. The maximum absolute atomic E-state index is 12.8. The first-order chi connectivity index (χ1) is 11.8. The molecule has 2 aromatic heterocycles. The van der Waals surface area contributed by atoms with Gasteiger partial charge in [0.2, 0.25) is 0 Å². The van der Waals surface area contributed by atoms with Crippen LogP contribution in [-0.4, -0.2) is 53.4 Å². The second-order valence-electron chi connectivity index (χ2n) is 5.74. The van der Waals surface area contributed by atoms with Gasteiger partial charge in [0, 0.05) is 18.7 Å². The van der Waals surface area contributed by atoms with Gasteiger partial charge in [-0.05, 0) is 37.5 Å². The minimum Gasteiger partial charge on any atom is -0.339 e. The summed E-state index contributed by atoms with van der Waals surface area (Å²) in [5, 5.41) is 8.36. The van der Waals surface area contributed by atoms with E-state index < -0.39 is 0 Å². The Bertz CT molecular complexity index is 820. The number of benzene rings is 1. The third kappa shape index (κ3) is 2.66. The summed E-state index contributed by atoms with van der Waals surface area (Å²) in [6.45, 7) is 1.64. The molecule has 24 heavy (non-hydrogen) atoms. The summed E-state index contributed by atoms with van der Waals surface area (Å²) in [6, 6.07) is 5.53. The molecule has 1 aliphatic rings. The van der Waals surface area contributed by atoms with Gasteiger partial charge in [0.05, 0.1) is 11.4 Å². The maximum atomic E-state index is 12.8. The van der Waals surface area contributed by atoms with Crippen molar-refractivity contribution in [1.82, 2.24) is 34.4 Å². The summed E-state index contributed by atoms with van der Waals surface area (Å²) in [4.78, 5) is 22.7. The molecule has 0 unspecified atom stereocenters. The van der Waals surface area contributed by atoms with Gasteiger partial charge in [-0.1, -0.05) is 0 Å². The van der Waals surface area contributed by atoms with Crippen LogP contribution >= 0.6 is 0 Å². The molecule has 1 aromatic carbocycles. The lowest BCUT2D eigenvalue weighted by atomic mass is 10.1. The SMILES string of the molecule is O=C(c1ccc(-n2cncn2)c(-n2cncn2)c1)N1CCCCC1. The Labute approximate surface area is 138 Å². The Morgan fingerprint density at radius 1 is 0.875 bits per heavy atom. The van der Waals surface area contributed by atoms with Crippen LogP contribution in [0.1, 0.15) is 29.6 Å². The number of amides is 1. The first-order valence-electron chi connectivity index (χ1n) is 7.96. The molecule has 0 radical (unpaired) electrons. The van der Waals surface area contributed by atoms with Gasteiger partial charge in [-0.3, -0.25) is 4.79 Å². The fourth-order valence-electron chi connectivity index (χ4n) is 2.98. The molecule has 3 aromatic rings. The van der Waals surface area contributed by atoms with Crippen LogP contribution in [0.25, 0.3) is 11.4 Å². The van der Waals surface area contributed by atoms with Gasteiger partial charge in [0.1, 0.15) is 25.3 Å². The van der Waals surface area contributed by atoms with E-state index in [9.17, 15) is 4.79 Å². The maximum Gasteiger partial charge on any atom is 0.253 e. The van der Waals surface area contributed by atoms with Crippen LogP contribution < -0.4 is 0 Å². The van der Waals surface area contributed by atoms with E-state index in [2.05, 4.69) is 20.2 Å². The molecule has 0 atom stereocenters. The van der Waals surface area contributed by atoms with Gasteiger partial charge >= 0.3 is 0 Å². The summed E-state index contributed by atoms with van der Waals surface area (Å²) in [5.74, 6) is 0.0567. The van der Waals surface area contributed by atoms with Crippen LogP contribution in [0, 0.1) is 0 Å². The highest BCUT2D eigenvalue weighted by atomic mass is 16.2. The van der Waals surface area contributed by atoms with Crippen LogP contribution in [0.2, 0.25) is 0 Å². The molecule has 1 saturated heterocycles. The highest BCUT2D eigenvalue weighted by molar-refractivity contribution is 5.95. The van der Waals surface area contributed by atoms with Crippen molar-refractivity contribution in [3.05, 3.63) is 49.1 Å². The van der Waals surface area contributed by atoms with Crippen LogP contribution in [0.15, 0.2) is 43.5 Å². The van der Waals surface area contributed by atoms with E-state index in [1.165, 1.54) is 19.1 Å². The lowest BCUT2D eigenvalue weighted by Crippen LogP contribution is -2.35. The Morgan fingerprint density at radius 3 is 2.17 bits per heavy atom. The lowest BCUT2D eigenvalue weighted by Gasteiger charge is -2.27. The van der Waals surface area contributed by atoms with Crippen molar-refractivity contribution in [1.29, 1.82) is 0 Å². The van der Waals surface area contributed by atoms with Crippen LogP contribution in [0.4, 0.5) is 0 Å². The van der Waals surface area contributed by atoms with Gasteiger partial charge in [-0.2, -0.15) is 10.2 Å². The van der Waals surface area contributed by atoms with Crippen molar-refractivity contribution >= 4 is 5.91 Å². The molecular formula is C16H17N7O. The minimum atomic E-state index is 0.0567. The Morgan fingerprint density at radius 2 is 1.54 bits per heavy atom. The quantitative estimate of drug-likeness (QED) is 0.729. The standard InChI is InChI=1S/C16H17N7O/c24-16(21-6-2-1-3-7-21)13-4-5-14(22-11-17-9-19-22)15(8-13)23-12-18-10-20-23/h4-5,8-12H,1-3,6-7H2.